The minimum Gasteiger partial charge on any atom is -0.715 e. The van der Waals surface area contributed by atoms with E-state index in [2.05, 4.69) is 0 Å². The molecule has 0 saturated carbocycles. The first-order valence-corrected chi connectivity index (χ1v) is 7.41. The van der Waals surface area contributed by atoms with Crippen LogP contribution in [0.15, 0.2) is 30.3 Å². The van der Waals surface area contributed by atoms with E-state index in [1.165, 1.54) is 0 Å². The third-order valence-electron chi connectivity index (χ3n) is 1.37. The molecule has 0 aromatic heterocycles. The summed E-state index contributed by atoms with van der Waals surface area (Å²) in [5.74, 6) is 0. The Labute approximate surface area is 112 Å². The van der Waals surface area contributed by atoms with Gasteiger partial charge in [-0.15, -0.1) is 0 Å². The first-order chi connectivity index (χ1) is 5.67. The molecule has 0 N–H and O–H groups in total. The average molecular weight is 240 g/mol. The van der Waals surface area contributed by atoms with Gasteiger partial charge in [0, 0.05) is 6.61 Å². The molecule has 0 radical (unpaired) electrons. The number of rotatable bonds is 3. The van der Waals surface area contributed by atoms with Crippen LogP contribution in [0.5, 0.6) is 0 Å². The van der Waals surface area contributed by atoms with Gasteiger partial charge in [0.1, 0.15) is 0 Å². The average Bonchev–Trinajstić information content (AvgIpc) is 2.06. The number of hydrogen-bond acceptors (Lipinski definition) is 3. The third-order valence-corrected chi connectivity index (χ3v) is 4.80. The molecular weight excluding hydrogens is 230 g/mol. The Morgan fingerprint density at radius 1 is 1.38 bits per heavy atom. The molecule has 1 unspecified atom stereocenters. The van der Waals surface area contributed by atoms with Crippen LogP contribution in [0.3, 0.4) is 0 Å². The fourth-order valence-corrected chi connectivity index (χ4v) is 3.24. The van der Waals surface area contributed by atoms with E-state index in [1.54, 1.807) is 0 Å². The van der Waals surface area contributed by atoms with Crippen molar-refractivity contribution in [3.05, 3.63) is 30.3 Å². The van der Waals surface area contributed by atoms with Gasteiger partial charge in [-0.2, -0.15) is 0 Å². The summed E-state index contributed by atoms with van der Waals surface area (Å²) in [6, 6.07) is 9.68. The topological polar surface area (TPSA) is 9.23 Å². The summed E-state index contributed by atoms with van der Waals surface area (Å²) in [5.41, 5.74) is -2.13. The Morgan fingerprint density at radius 2 is 1.92 bits per heavy atom. The van der Waals surface area contributed by atoms with Gasteiger partial charge in [0.15, 0.2) is 0 Å². The molecule has 0 bridgehead atoms. The SMILES string of the molecule is CCOP(=S)([S-])c1ccccc1.[Na+]. The zero-order chi connectivity index (χ0) is 9.03. The smallest absolute Gasteiger partial charge is 0.715 e. The van der Waals surface area contributed by atoms with E-state index in [9.17, 15) is 0 Å². The minimum absolute atomic E-state index is 0. The van der Waals surface area contributed by atoms with Gasteiger partial charge in [-0.1, -0.05) is 42.1 Å². The van der Waals surface area contributed by atoms with Gasteiger partial charge in [0.2, 0.25) is 0 Å². The number of hydrogen-bond donors (Lipinski definition) is 0. The first kappa shape index (κ1) is 14.2. The third kappa shape index (κ3) is 4.48. The summed E-state index contributed by atoms with van der Waals surface area (Å²) in [7, 11) is 0. The van der Waals surface area contributed by atoms with Crippen molar-refractivity contribution < 1.29 is 34.1 Å². The van der Waals surface area contributed by atoms with E-state index >= 15 is 0 Å². The Morgan fingerprint density at radius 3 is 2.38 bits per heavy atom. The fraction of sp³-hybridized carbons (Fsp3) is 0.250. The summed E-state index contributed by atoms with van der Waals surface area (Å²) in [4.78, 5) is 0. The van der Waals surface area contributed by atoms with Gasteiger partial charge < -0.3 is 16.8 Å². The van der Waals surface area contributed by atoms with Crippen LogP contribution >= 0.6 is 5.47 Å². The van der Waals surface area contributed by atoms with Crippen LogP contribution in [0, 0.1) is 0 Å². The molecule has 0 aliphatic rings. The molecule has 13 heavy (non-hydrogen) atoms. The second kappa shape index (κ2) is 6.62. The minimum atomic E-state index is -2.13. The Bertz CT molecular complexity index is 291. The monoisotopic (exact) mass is 240 g/mol. The Balaban J connectivity index is 0.00000144. The van der Waals surface area contributed by atoms with Gasteiger partial charge in [0.05, 0.1) is 0 Å². The van der Waals surface area contributed by atoms with Crippen LogP contribution in [0.25, 0.3) is 0 Å². The van der Waals surface area contributed by atoms with Crippen molar-refractivity contribution >= 4 is 34.8 Å². The van der Waals surface area contributed by atoms with Gasteiger partial charge in [-0.25, -0.2) is 0 Å². The van der Waals surface area contributed by atoms with E-state index in [4.69, 9.17) is 28.6 Å². The van der Waals surface area contributed by atoms with Crippen LogP contribution in [0.2, 0.25) is 0 Å². The molecule has 1 aromatic carbocycles. The molecule has 0 fully saturated rings. The maximum Gasteiger partial charge on any atom is 1.00 e. The molecule has 0 aliphatic heterocycles. The second-order valence-electron chi connectivity index (χ2n) is 2.25. The molecule has 0 amide bonds. The summed E-state index contributed by atoms with van der Waals surface area (Å²) < 4.78 is 5.36. The van der Waals surface area contributed by atoms with Gasteiger partial charge >= 0.3 is 29.6 Å². The molecule has 0 spiro atoms. The molecule has 0 saturated heterocycles. The first-order valence-electron chi connectivity index (χ1n) is 3.68. The summed E-state index contributed by atoms with van der Waals surface area (Å²) >= 11 is 10.4. The molecule has 66 valence electrons. The van der Waals surface area contributed by atoms with E-state index in [0.29, 0.717) is 6.61 Å². The zero-order valence-corrected chi connectivity index (χ0v) is 12.3. The predicted octanol–water partition coefficient (Wildman–Crippen LogP) is -0.791. The molecule has 1 rings (SSSR count). The maximum absolute atomic E-state index is 5.36. The van der Waals surface area contributed by atoms with Crippen molar-refractivity contribution in [2.24, 2.45) is 0 Å². The van der Waals surface area contributed by atoms with Crippen LogP contribution in [0.1, 0.15) is 6.92 Å². The maximum atomic E-state index is 5.36. The van der Waals surface area contributed by atoms with Gasteiger partial charge in [0.25, 0.3) is 0 Å². The molecule has 1 aromatic rings. The summed E-state index contributed by atoms with van der Waals surface area (Å²) in [6.45, 7) is 2.51. The predicted molar refractivity (Wildman–Crippen MR) is 59.4 cm³/mol. The molecule has 0 aliphatic carbocycles. The molecule has 1 nitrogen and oxygen atoms in total. The summed E-state index contributed by atoms with van der Waals surface area (Å²) in [6.07, 6.45) is 0. The van der Waals surface area contributed by atoms with E-state index in [-0.39, 0.29) is 29.6 Å². The normalized spacial score (nSPS) is 14.3. The second-order valence-corrected chi connectivity index (χ2v) is 7.80. The molecule has 1 atom stereocenters. The molecular formula is C8H10NaOPS2. The fourth-order valence-electron chi connectivity index (χ4n) is 0.855. The van der Waals surface area contributed by atoms with Gasteiger partial charge in [-0.05, 0) is 17.7 Å². The van der Waals surface area contributed by atoms with Crippen molar-refractivity contribution in [1.82, 2.24) is 0 Å². The zero-order valence-electron chi connectivity index (χ0n) is 7.77. The largest absolute Gasteiger partial charge is 1.00 e. The van der Waals surface area contributed by atoms with Crippen molar-refractivity contribution in [3.63, 3.8) is 0 Å². The van der Waals surface area contributed by atoms with Crippen LogP contribution < -0.4 is 34.9 Å². The standard InChI is InChI=1S/C8H11OPS2.Na/c1-2-9-10(11,12)8-6-4-3-5-7-8;/h3-7H,2H2,1H3,(H,11,12);/q;+1/p-1. The number of benzene rings is 1. The Kier molecular flexibility index (Phi) is 7.23. The molecule has 5 heteroatoms. The van der Waals surface area contributed by atoms with Crippen LogP contribution in [0.4, 0.5) is 0 Å². The van der Waals surface area contributed by atoms with Crippen molar-refractivity contribution in [2.75, 3.05) is 6.61 Å². The van der Waals surface area contributed by atoms with Crippen LogP contribution in [-0.2, 0) is 28.6 Å². The quantitative estimate of drug-likeness (QED) is 0.389. The van der Waals surface area contributed by atoms with E-state index in [0.717, 1.165) is 5.30 Å². The Hall–Kier alpha value is 1.18. The van der Waals surface area contributed by atoms with E-state index in [1.807, 2.05) is 37.3 Å². The van der Waals surface area contributed by atoms with E-state index < -0.39 is 5.47 Å². The summed E-state index contributed by atoms with van der Waals surface area (Å²) in [5, 5.41) is 0.969. The molecule has 0 heterocycles. The van der Waals surface area contributed by atoms with Crippen molar-refractivity contribution in [2.45, 2.75) is 6.92 Å². The van der Waals surface area contributed by atoms with Crippen LogP contribution in [-0.4, -0.2) is 6.61 Å². The van der Waals surface area contributed by atoms with Gasteiger partial charge in [-0.3, -0.25) is 0 Å². The van der Waals surface area contributed by atoms with Crippen molar-refractivity contribution in [1.29, 1.82) is 0 Å². The van der Waals surface area contributed by atoms with Crippen molar-refractivity contribution in [3.8, 4) is 0 Å².